The summed E-state index contributed by atoms with van der Waals surface area (Å²) in [6.45, 7) is 10.7. The van der Waals surface area contributed by atoms with Crippen molar-refractivity contribution in [2.45, 2.75) is 26.3 Å². The molecular formula is C11H20N4S. The largest absolute Gasteiger partial charge is 0.348 e. The molecule has 16 heavy (non-hydrogen) atoms. The van der Waals surface area contributed by atoms with Gasteiger partial charge in [0, 0.05) is 31.7 Å². The molecule has 4 nitrogen and oxygen atoms in total. The van der Waals surface area contributed by atoms with Gasteiger partial charge in [0.1, 0.15) is 0 Å². The number of aliphatic imine (C=N–C) groups is 1. The van der Waals surface area contributed by atoms with Crippen molar-refractivity contribution in [2.24, 2.45) is 4.99 Å². The number of hydrogen-bond donors (Lipinski definition) is 0. The van der Waals surface area contributed by atoms with Gasteiger partial charge in [-0.05, 0) is 27.0 Å². The summed E-state index contributed by atoms with van der Waals surface area (Å²) in [5, 5.41) is 9.44. The van der Waals surface area contributed by atoms with Crippen molar-refractivity contribution in [3.63, 3.8) is 0 Å². The number of nitriles is 1. The molecule has 0 aliphatic carbocycles. The Kier molecular flexibility index (Phi) is 4.63. The summed E-state index contributed by atoms with van der Waals surface area (Å²) in [7, 11) is 0. The van der Waals surface area contributed by atoms with Crippen LogP contribution in [0.5, 0.6) is 0 Å². The van der Waals surface area contributed by atoms with E-state index in [-0.39, 0.29) is 5.54 Å². The highest BCUT2D eigenvalue weighted by atomic mass is 32.2. The van der Waals surface area contributed by atoms with Crippen LogP contribution in [0.4, 0.5) is 0 Å². The number of hydrogen-bond acceptors (Lipinski definition) is 4. The molecule has 0 spiro atoms. The normalized spacial score (nSPS) is 19.7. The van der Waals surface area contributed by atoms with E-state index in [0.29, 0.717) is 0 Å². The molecule has 90 valence electrons. The lowest BCUT2D eigenvalue weighted by molar-refractivity contribution is 0.0894. The topological polar surface area (TPSA) is 42.6 Å². The Hall–Kier alpha value is -0.730. The summed E-state index contributed by atoms with van der Waals surface area (Å²) in [5.74, 6) is 0. The lowest BCUT2D eigenvalue weighted by atomic mass is 10.1. The summed E-state index contributed by atoms with van der Waals surface area (Å²) >= 11 is 1.54. The van der Waals surface area contributed by atoms with E-state index in [0.717, 1.165) is 31.3 Å². The molecule has 5 heteroatoms. The Bertz CT molecular complexity index is 292. The standard InChI is InChI=1S/C11H20N4S/c1-11(2,3)15-7-5-14(6-8-15)10(16-4)13-9-12/h5-8H2,1-4H3. The average molecular weight is 240 g/mol. The minimum atomic E-state index is 0.234. The van der Waals surface area contributed by atoms with Crippen molar-refractivity contribution in [2.75, 3.05) is 32.4 Å². The molecule has 0 bridgehead atoms. The molecule has 0 aromatic carbocycles. The lowest BCUT2D eigenvalue weighted by Gasteiger charge is -2.42. The van der Waals surface area contributed by atoms with Gasteiger partial charge < -0.3 is 4.90 Å². The van der Waals surface area contributed by atoms with E-state index in [1.807, 2.05) is 12.4 Å². The van der Waals surface area contributed by atoms with Crippen LogP contribution in [0, 0.1) is 11.5 Å². The van der Waals surface area contributed by atoms with Crippen molar-refractivity contribution in [3.8, 4) is 6.19 Å². The quantitative estimate of drug-likeness (QED) is 0.366. The summed E-state index contributed by atoms with van der Waals surface area (Å²) in [6.07, 6.45) is 3.83. The number of thioether (sulfide) groups is 1. The van der Waals surface area contributed by atoms with Gasteiger partial charge in [-0.2, -0.15) is 5.26 Å². The van der Waals surface area contributed by atoms with Crippen LogP contribution < -0.4 is 0 Å². The highest BCUT2D eigenvalue weighted by molar-refractivity contribution is 8.13. The van der Waals surface area contributed by atoms with Crippen LogP contribution in [-0.4, -0.2) is 52.9 Å². The molecule has 1 saturated heterocycles. The Morgan fingerprint density at radius 3 is 2.19 bits per heavy atom. The second-order valence-corrected chi connectivity index (χ2v) is 5.62. The SMILES string of the molecule is CSC(=NC#N)N1CCN(C(C)(C)C)CC1. The Balaban J connectivity index is 2.56. The smallest absolute Gasteiger partial charge is 0.208 e. The fourth-order valence-corrected chi connectivity index (χ4v) is 2.43. The van der Waals surface area contributed by atoms with E-state index in [9.17, 15) is 0 Å². The van der Waals surface area contributed by atoms with Crippen molar-refractivity contribution in [1.29, 1.82) is 5.26 Å². The van der Waals surface area contributed by atoms with Gasteiger partial charge in [0.2, 0.25) is 6.19 Å². The van der Waals surface area contributed by atoms with Crippen molar-refractivity contribution < 1.29 is 0 Å². The molecule has 0 N–H and O–H groups in total. The average Bonchev–Trinajstić information content (AvgIpc) is 2.25. The van der Waals surface area contributed by atoms with Crippen LogP contribution in [0.2, 0.25) is 0 Å². The summed E-state index contributed by atoms with van der Waals surface area (Å²) < 4.78 is 0. The van der Waals surface area contributed by atoms with Crippen LogP contribution in [0.25, 0.3) is 0 Å². The van der Waals surface area contributed by atoms with Crippen molar-refractivity contribution in [3.05, 3.63) is 0 Å². The van der Waals surface area contributed by atoms with Crippen LogP contribution in [0.3, 0.4) is 0 Å². The Morgan fingerprint density at radius 1 is 1.25 bits per heavy atom. The highest BCUT2D eigenvalue weighted by Gasteiger charge is 2.26. The summed E-state index contributed by atoms with van der Waals surface area (Å²) in [6, 6.07) is 0. The molecule has 0 amide bonds. The molecule has 0 unspecified atom stereocenters. The first-order valence-corrected chi connectivity index (χ1v) is 6.72. The van der Waals surface area contributed by atoms with Gasteiger partial charge in [0.15, 0.2) is 5.17 Å². The van der Waals surface area contributed by atoms with Crippen molar-refractivity contribution in [1.82, 2.24) is 9.80 Å². The van der Waals surface area contributed by atoms with Gasteiger partial charge in [-0.25, -0.2) is 0 Å². The molecule has 0 atom stereocenters. The zero-order valence-electron chi connectivity index (χ0n) is 10.5. The van der Waals surface area contributed by atoms with Gasteiger partial charge in [-0.3, -0.25) is 4.90 Å². The Labute approximate surface area is 102 Å². The molecule has 0 saturated carbocycles. The van der Waals surface area contributed by atoms with Crippen LogP contribution in [0.1, 0.15) is 20.8 Å². The van der Waals surface area contributed by atoms with E-state index >= 15 is 0 Å². The molecule has 1 rings (SSSR count). The van der Waals surface area contributed by atoms with Crippen molar-refractivity contribution >= 4 is 16.9 Å². The summed E-state index contributed by atoms with van der Waals surface area (Å²) in [4.78, 5) is 8.50. The van der Waals surface area contributed by atoms with Crippen LogP contribution in [0.15, 0.2) is 4.99 Å². The van der Waals surface area contributed by atoms with Gasteiger partial charge in [-0.15, -0.1) is 4.99 Å². The fourth-order valence-electron chi connectivity index (χ4n) is 1.86. The van der Waals surface area contributed by atoms with E-state index in [1.54, 1.807) is 11.8 Å². The van der Waals surface area contributed by atoms with Gasteiger partial charge in [-0.1, -0.05) is 11.8 Å². The first kappa shape index (κ1) is 13.3. The predicted molar refractivity (Wildman–Crippen MR) is 69.5 cm³/mol. The number of rotatable bonds is 0. The van der Waals surface area contributed by atoms with E-state index in [1.165, 1.54) is 0 Å². The maximum Gasteiger partial charge on any atom is 0.208 e. The number of amidine groups is 1. The first-order chi connectivity index (χ1) is 7.49. The molecule has 0 aromatic rings. The summed E-state index contributed by atoms with van der Waals surface area (Å²) in [5.41, 5.74) is 0.234. The number of piperazine rings is 1. The highest BCUT2D eigenvalue weighted by Crippen LogP contribution is 2.17. The molecule has 1 aliphatic heterocycles. The molecular weight excluding hydrogens is 220 g/mol. The van der Waals surface area contributed by atoms with Crippen LogP contribution >= 0.6 is 11.8 Å². The third-order valence-electron chi connectivity index (χ3n) is 2.83. The van der Waals surface area contributed by atoms with E-state index in [4.69, 9.17) is 5.26 Å². The maximum atomic E-state index is 8.59. The minimum Gasteiger partial charge on any atom is -0.348 e. The predicted octanol–water partition coefficient (Wildman–Crippen LogP) is 1.60. The second kappa shape index (κ2) is 5.55. The molecule has 0 radical (unpaired) electrons. The zero-order valence-corrected chi connectivity index (χ0v) is 11.3. The monoisotopic (exact) mass is 240 g/mol. The Morgan fingerprint density at radius 2 is 1.81 bits per heavy atom. The third-order valence-corrected chi connectivity index (χ3v) is 3.54. The van der Waals surface area contributed by atoms with E-state index in [2.05, 4.69) is 35.6 Å². The maximum absolute atomic E-state index is 8.59. The lowest BCUT2D eigenvalue weighted by Crippen LogP contribution is -2.54. The second-order valence-electron chi connectivity index (χ2n) is 4.84. The van der Waals surface area contributed by atoms with Gasteiger partial charge in [0.25, 0.3) is 0 Å². The van der Waals surface area contributed by atoms with Crippen LogP contribution in [-0.2, 0) is 0 Å². The molecule has 0 aromatic heterocycles. The first-order valence-electron chi connectivity index (χ1n) is 5.50. The number of nitrogens with zero attached hydrogens (tertiary/aromatic N) is 4. The zero-order chi connectivity index (χ0) is 12.2. The molecule has 1 heterocycles. The fraction of sp³-hybridized carbons (Fsp3) is 0.818. The van der Waals surface area contributed by atoms with Gasteiger partial charge in [0.05, 0.1) is 0 Å². The van der Waals surface area contributed by atoms with E-state index < -0.39 is 0 Å². The molecule has 1 aliphatic rings. The van der Waals surface area contributed by atoms with Gasteiger partial charge >= 0.3 is 0 Å². The molecule has 1 fully saturated rings. The minimum absolute atomic E-state index is 0.234. The third kappa shape index (κ3) is 3.39.